The standard InChI is InChI=1S/C30H30ClF2NO7/c1-30(11-3-12-30)40-13-10-23(24(35)14-18-4-6-19(7-5-18)28(37)38)34-17-26(39-2)22(16-27(34)36)21-15-20(31)8-9-25(21)41-29(32)33/h4-9,15-17,23,29H,3,10-14H2,1-2H3,(H,37,38). The van der Waals surface area contributed by atoms with Crippen molar-refractivity contribution in [3.8, 4) is 22.6 Å². The number of alkyl halides is 2. The number of aromatic nitrogens is 1. The van der Waals surface area contributed by atoms with Gasteiger partial charge in [0.15, 0.2) is 5.78 Å². The molecule has 1 N–H and O–H groups in total. The summed E-state index contributed by atoms with van der Waals surface area (Å²) in [5.41, 5.74) is 0.134. The average molecular weight is 590 g/mol. The zero-order valence-corrected chi connectivity index (χ0v) is 23.3. The SMILES string of the molecule is COc1cn(C(CCOC2(C)CCC2)C(=O)Cc2ccc(C(=O)O)cc2)c(=O)cc1-c1cc(Cl)ccc1OC(F)F. The summed E-state index contributed by atoms with van der Waals surface area (Å²) in [6.45, 7) is -0.877. The van der Waals surface area contributed by atoms with Gasteiger partial charge in [0.2, 0.25) is 0 Å². The van der Waals surface area contributed by atoms with E-state index in [1.165, 1.54) is 54.3 Å². The third kappa shape index (κ3) is 7.31. The van der Waals surface area contributed by atoms with Crippen LogP contribution in [0.5, 0.6) is 11.5 Å². The maximum absolute atomic E-state index is 13.6. The molecule has 1 heterocycles. The van der Waals surface area contributed by atoms with Crippen molar-refractivity contribution in [3.63, 3.8) is 0 Å². The molecule has 218 valence electrons. The third-order valence-corrected chi connectivity index (χ3v) is 7.49. The van der Waals surface area contributed by atoms with E-state index in [1.807, 2.05) is 6.92 Å². The average Bonchev–Trinajstić information content (AvgIpc) is 2.91. The maximum Gasteiger partial charge on any atom is 0.387 e. The number of carboxylic acids is 1. The van der Waals surface area contributed by atoms with Crippen molar-refractivity contribution in [2.24, 2.45) is 0 Å². The number of methoxy groups -OCH3 is 1. The first kappa shape index (κ1) is 30.2. The maximum atomic E-state index is 13.6. The number of ketones is 1. The van der Waals surface area contributed by atoms with Gasteiger partial charge in [0, 0.05) is 35.2 Å². The summed E-state index contributed by atoms with van der Waals surface area (Å²) in [7, 11) is 1.35. The van der Waals surface area contributed by atoms with E-state index in [0.717, 1.165) is 19.3 Å². The molecule has 0 saturated heterocycles. The molecular weight excluding hydrogens is 560 g/mol. The largest absolute Gasteiger partial charge is 0.495 e. The lowest BCUT2D eigenvalue weighted by atomic mass is 9.82. The molecule has 41 heavy (non-hydrogen) atoms. The van der Waals surface area contributed by atoms with Crippen LogP contribution < -0.4 is 15.0 Å². The first-order valence-electron chi connectivity index (χ1n) is 13.0. The van der Waals surface area contributed by atoms with Crippen LogP contribution >= 0.6 is 11.6 Å². The lowest BCUT2D eigenvalue weighted by Gasteiger charge is -2.38. The van der Waals surface area contributed by atoms with Gasteiger partial charge >= 0.3 is 12.6 Å². The number of hydrogen-bond acceptors (Lipinski definition) is 6. The van der Waals surface area contributed by atoms with Gasteiger partial charge in [0.1, 0.15) is 11.5 Å². The van der Waals surface area contributed by atoms with Gasteiger partial charge in [-0.1, -0.05) is 23.7 Å². The molecule has 3 aromatic rings. The Morgan fingerprint density at radius 3 is 2.34 bits per heavy atom. The van der Waals surface area contributed by atoms with Gasteiger partial charge < -0.3 is 23.9 Å². The second-order valence-corrected chi connectivity index (χ2v) is 10.6. The first-order chi connectivity index (χ1) is 19.5. The molecule has 4 rings (SSSR count). The summed E-state index contributed by atoms with van der Waals surface area (Å²) in [5, 5.41) is 9.39. The number of halogens is 3. The first-order valence-corrected chi connectivity index (χ1v) is 13.4. The Kier molecular flexibility index (Phi) is 9.45. The number of carboxylic acid groups (broad SMARTS) is 1. The second-order valence-electron chi connectivity index (χ2n) is 10.1. The van der Waals surface area contributed by atoms with Gasteiger partial charge in [-0.05, 0) is 68.5 Å². The Hall–Kier alpha value is -3.76. The normalized spacial score (nSPS) is 14.8. The summed E-state index contributed by atoms with van der Waals surface area (Å²) in [6, 6.07) is 10.2. The van der Waals surface area contributed by atoms with Crippen LogP contribution in [-0.2, 0) is 16.0 Å². The number of hydrogen-bond donors (Lipinski definition) is 1. The van der Waals surface area contributed by atoms with Crippen molar-refractivity contribution in [3.05, 3.63) is 81.2 Å². The Balaban J connectivity index is 1.70. The molecule has 1 unspecified atom stereocenters. The minimum Gasteiger partial charge on any atom is -0.495 e. The van der Waals surface area contributed by atoms with Crippen LogP contribution in [0, 0.1) is 0 Å². The highest BCUT2D eigenvalue weighted by Gasteiger charge is 2.33. The van der Waals surface area contributed by atoms with Gasteiger partial charge in [0.05, 0.1) is 30.5 Å². The molecule has 0 spiro atoms. The summed E-state index contributed by atoms with van der Waals surface area (Å²) in [6.07, 6.45) is 4.38. The summed E-state index contributed by atoms with van der Waals surface area (Å²) < 4.78 is 43.6. The minimum absolute atomic E-state index is 0.0565. The fraction of sp³-hybridized carbons (Fsp3) is 0.367. The molecule has 0 bridgehead atoms. The van der Waals surface area contributed by atoms with Gasteiger partial charge in [-0.3, -0.25) is 9.59 Å². The number of ether oxygens (including phenoxy) is 3. The van der Waals surface area contributed by atoms with Crippen LogP contribution in [0.15, 0.2) is 59.5 Å². The summed E-state index contributed by atoms with van der Waals surface area (Å²) in [4.78, 5) is 38.3. The van der Waals surface area contributed by atoms with Crippen molar-refractivity contribution in [1.29, 1.82) is 0 Å². The molecule has 0 aliphatic heterocycles. The molecule has 0 amide bonds. The highest BCUT2D eigenvalue weighted by Crippen LogP contribution is 2.39. The zero-order chi connectivity index (χ0) is 29.7. The number of carbonyl (C=O) groups excluding carboxylic acids is 1. The predicted molar refractivity (Wildman–Crippen MR) is 148 cm³/mol. The quantitative estimate of drug-likeness (QED) is 0.254. The van der Waals surface area contributed by atoms with Crippen LogP contribution in [0.25, 0.3) is 11.1 Å². The zero-order valence-electron chi connectivity index (χ0n) is 22.6. The molecule has 8 nitrogen and oxygen atoms in total. The summed E-state index contributed by atoms with van der Waals surface area (Å²) in [5.74, 6) is -1.43. The number of benzene rings is 2. The molecule has 1 atom stereocenters. The van der Waals surface area contributed by atoms with E-state index < -0.39 is 24.2 Å². The van der Waals surface area contributed by atoms with Gasteiger partial charge in [-0.25, -0.2) is 4.79 Å². The molecule has 1 aliphatic rings. The second kappa shape index (κ2) is 12.8. The van der Waals surface area contributed by atoms with E-state index in [2.05, 4.69) is 4.74 Å². The van der Waals surface area contributed by atoms with E-state index in [4.69, 9.17) is 26.2 Å². The van der Waals surface area contributed by atoms with Gasteiger partial charge in [-0.15, -0.1) is 0 Å². The molecule has 1 aliphatic carbocycles. The molecule has 2 aromatic carbocycles. The van der Waals surface area contributed by atoms with Crippen molar-refractivity contribution in [2.45, 2.75) is 57.3 Å². The number of Topliss-reactive ketones (excluding diaryl/α,β-unsaturated/α-hetero) is 1. The van der Waals surface area contributed by atoms with Crippen molar-refractivity contribution in [1.82, 2.24) is 4.57 Å². The Labute approximate surface area is 240 Å². The number of aromatic carboxylic acids is 1. The molecule has 1 saturated carbocycles. The number of pyridine rings is 1. The van der Waals surface area contributed by atoms with Crippen molar-refractivity contribution in [2.75, 3.05) is 13.7 Å². The number of carbonyl (C=O) groups is 2. The fourth-order valence-corrected chi connectivity index (χ4v) is 5.00. The Bertz CT molecular complexity index is 1470. The van der Waals surface area contributed by atoms with Crippen molar-refractivity contribution >= 4 is 23.4 Å². The molecule has 1 aromatic heterocycles. The molecule has 0 radical (unpaired) electrons. The van der Waals surface area contributed by atoms with Crippen molar-refractivity contribution < 1.29 is 37.7 Å². The molecule has 1 fully saturated rings. The number of nitrogens with zero attached hydrogens (tertiary/aromatic N) is 1. The topological polar surface area (TPSA) is 104 Å². The van der Waals surface area contributed by atoms with Crippen LogP contribution in [-0.4, -0.2) is 47.4 Å². The highest BCUT2D eigenvalue weighted by molar-refractivity contribution is 6.31. The monoisotopic (exact) mass is 589 g/mol. The number of rotatable bonds is 13. The summed E-state index contributed by atoms with van der Waals surface area (Å²) >= 11 is 6.12. The van der Waals surface area contributed by atoms with Crippen LogP contribution in [0.1, 0.15) is 54.6 Å². The van der Waals surface area contributed by atoms with E-state index in [-0.39, 0.29) is 64.0 Å². The molecular formula is C30H30ClF2NO7. The van der Waals surface area contributed by atoms with Gasteiger partial charge in [-0.2, -0.15) is 8.78 Å². The van der Waals surface area contributed by atoms with E-state index in [0.29, 0.717) is 5.56 Å². The third-order valence-electron chi connectivity index (χ3n) is 7.25. The lowest BCUT2D eigenvalue weighted by molar-refractivity contribution is -0.124. The van der Waals surface area contributed by atoms with E-state index in [9.17, 15) is 23.2 Å². The highest BCUT2D eigenvalue weighted by atomic mass is 35.5. The van der Waals surface area contributed by atoms with E-state index in [1.54, 1.807) is 12.1 Å². The molecule has 11 heteroatoms. The Morgan fingerprint density at radius 2 is 1.76 bits per heavy atom. The van der Waals surface area contributed by atoms with E-state index >= 15 is 0 Å². The fourth-order valence-electron chi connectivity index (χ4n) is 4.83. The lowest BCUT2D eigenvalue weighted by Crippen LogP contribution is -2.38. The predicted octanol–water partition coefficient (Wildman–Crippen LogP) is 6.18. The van der Waals surface area contributed by atoms with Crippen LogP contribution in [0.3, 0.4) is 0 Å². The van der Waals surface area contributed by atoms with Gasteiger partial charge in [0.25, 0.3) is 5.56 Å². The smallest absolute Gasteiger partial charge is 0.387 e. The van der Waals surface area contributed by atoms with Crippen LogP contribution in [0.4, 0.5) is 8.78 Å². The minimum atomic E-state index is -3.11. The Morgan fingerprint density at radius 1 is 1.07 bits per heavy atom. The van der Waals surface area contributed by atoms with Crippen LogP contribution in [0.2, 0.25) is 5.02 Å².